The Labute approximate surface area is 167 Å². The number of hydrogen-bond acceptors (Lipinski definition) is 6. The number of nitrogens with zero attached hydrogens (tertiary/aromatic N) is 4. The lowest BCUT2D eigenvalue weighted by Crippen LogP contribution is -2.27. The summed E-state index contributed by atoms with van der Waals surface area (Å²) in [5.41, 5.74) is 1.60. The lowest BCUT2D eigenvalue weighted by molar-refractivity contribution is -0.155. The number of aromatic nitrogens is 4. The van der Waals surface area contributed by atoms with Gasteiger partial charge in [-0.1, -0.05) is 0 Å². The van der Waals surface area contributed by atoms with Gasteiger partial charge < -0.3 is 4.74 Å². The summed E-state index contributed by atoms with van der Waals surface area (Å²) in [5, 5.41) is 4.76. The van der Waals surface area contributed by atoms with Gasteiger partial charge in [0.1, 0.15) is 30.3 Å². The highest BCUT2D eigenvalue weighted by Crippen LogP contribution is 2.30. The zero-order valence-corrected chi connectivity index (χ0v) is 17.1. The smallest absolute Gasteiger partial charge is 0.328 e. The van der Waals surface area contributed by atoms with Gasteiger partial charge in [0.2, 0.25) is 0 Å². The number of alkyl halides is 1. The minimum absolute atomic E-state index is 0.174. The maximum atomic E-state index is 13.9. The molecule has 0 saturated heterocycles. The van der Waals surface area contributed by atoms with Crippen molar-refractivity contribution < 1.29 is 18.7 Å². The number of fused-ring (bicyclic) bond motifs is 1. The third kappa shape index (κ3) is 4.47. The van der Waals surface area contributed by atoms with Crippen molar-refractivity contribution in [2.75, 3.05) is 0 Å². The third-order valence-electron chi connectivity index (χ3n) is 4.21. The molecular weight excluding hydrogens is 375 g/mol. The summed E-state index contributed by atoms with van der Waals surface area (Å²) in [6.07, 6.45) is 3.29. The normalized spacial score (nSPS) is 11.7. The Morgan fingerprint density at radius 1 is 1.14 bits per heavy atom. The van der Waals surface area contributed by atoms with Crippen LogP contribution in [0.1, 0.15) is 49.6 Å². The first-order valence-electron chi connectivity index (χ1n) is 9.20. The molecule has 0 spiro atoms. The summed E-state index contributed by atoms with van der Waals surface area (Å²) >= 11 is 0. The van der Waals surface area contributed by atoms with Crippen LogP contribution < -0.4 is 0 Å². The third-order valence-corrected chi connectivity index (χ3v) is 4.21. The topological polar surface area (TPSA) is 87.0 Å². The summed E-state index contributed by atoms with van der Waals surface area (Å²) < 4.78 is 20.6. The number of rotatable bonds is 5. The van der Waals surface area contributed by atoms with Crippen molar-refractivity contribution in [3.63, 3.8) is 0 Å². The van der Waals surface area contributed by atoms with Crippen LogP contribution in [0, 0.1) is 6.92 Å². The first kappa shape index (κ1) is 20.6. The average Bonchev–Trinajstić information content (AvgIpc) is 2.98. The number of benzene rings is 1. The van der Waals surface area contributed by atoms with Crippen LogP contribution in [0.25, 0.3) is 22.0 Å². The summed E-state index contributed by atoms with van der Waals surface area (Å²) in [6, 6.07) is 3.41. The average molecular weight is 398 g/mol. The van der Waals surface area contributed by atoms with Crippen LogP contribution in [-0.4, -0.2) is 37.1 Å². The van der Waals surface area contributed by atoms with Gasteiger partial charge >= 0.3 is 5.97 Å². The van der Waals surface area contributed by atoms with E-state index < -0.39 is 18.2 Å². The molecule has 1 aromatic carbocycles. The number of Topliss-reactive ketones (excluding diaryl/α,β-unsaturated/α-hetero) is 1. The van der Waals surface area contributed by atoms with E-state index in [1.807, 2.05) is 0 Å². The second-order valence-corrected chi connectivity index (χ2v) is 7.83. The molecule has 8 heteroatoms. The van der Waals surface area contributed by atoms with Crippen LogP contribution >= 0.6 is 0 Å². The Balaban J connectivity index is 2.16. The predicted octanol–water partition coefficient (Wildman–Crippen LogP) is 3.82. The zero-order chi connectivity index (χ0) is 21.3. The molecule has 0 saturated carbocycles. The van der Waals surface area contributed by atoms with Crippen LogP contribution in [0.15, 0.2) is 24.5 Å². The molecule has 3 aromatic rings. The molecular formula is C21H23FN4O3. The largest absolute Gasteiger partial charge is 0.459 e. The highest BCUT2D eigenvalue weighted by atomic mass is 19.1. The molecule has 0 radical (unpaired) electrons. The molecule has 0 amide bonds. The molecule has 0 aliphatic heterocycles. The summed E-state index contributed by atoms with van der Waals surface area (Å²) in [6.45, 7) is 7.43. The second kappa shape index (κ2) is 7.69. The van der Waals surface area contributed by atoms with Gasteiger partial charge in [-0.3, -0.25) is 14.3 Å². The number of aryl methyl sites for hydroxylation is 1. The summed E-state index contributed by atoms with van der Waals surface area (Å²) in [7, 11) is 0. The minimum Gasteiger partial charge on any atom is -0.459 e. The fourth-order valence-corrected chi connectivity index (χ4v) is 3.09. The Hall–Kier alpha value is -3.16. The van der Waals surface area contributed by atoms with E-state index in [-0.39, 0.29) is 18.0 Å². The molecule has 0 N–H and O–H groups in total. The van der Waals surface area contributed by atoms with Crippen LogP contribution in [0.5, 0.6) is 0 Å². The van der Waals surface area contributed by atoms with Crippen LogP contribution in [-0.2, 0) is 22.8 Å². The van der Waals surface area contributed by atoms with Crippen LogP contribution in [0.3, 0.4) is 0 Å². The van der Waals surface area contributed by atoms with E-state index in [1.54, 1.807) is 52.2 Å². The van der Waals surface area contributed by atoms with Gasteiger partial charge in [0.25, 0.3) is 0 Å². The number of carbonyl (C=O) groups excluding carboxylic acids is 2. The second-order valence-electron chi connectivity index (χ2n) is 7.83. The van der Waals surface area contributed by atoms with Gasteiger partial charge in [0, 0.05) is 35.8 Å². The Bertz CT molecular complexity index is 1080. The zero-order valence-electron chi connectivity index (χ0n) is 17.1. The molecule has 2 heterocycles. The summed E-state index contributed by atoms with van der Waals surface area (Å²) in [4.78, 5) is 32.8. The number of hydrogen-bond donors (Lipinski definition) is 0. The number of halogens is 1. The minimum atomic E-state index is -0.783. The molecule has 29 heavy (non-hydrogen) atoms. The van der Waals surface area contributed by atoms with Crippen molar-refractivity contribution in [1.29, 1.82) is 0 Å². The molecule has 0 unspecified atom stereocenters. The van der Waals surface area contributed by atoms with Crippen molar-refractivity contribution in [3.8, 4) is 11.1 Å². The van der Waals surface area contributed by atoms with Crippen molar-refractivity contribution in [2.45, 2.75) is 53.4 Å². The number of ketones is 1. The van der Waals surface area contributed by atoms with E-state index in [0.717, 1.165) is 0 Å². The van der Waals surface area contributed by atoms with Crippen molar-refractivity contribution in [2.24, 2.45) is 0 Å². The fourth-order valence-electron chi connectivity index (χ4n) is 3.09. The van der Waals surface area contributed by atoms with Gasteiger partial charge in [0.05, 0.1) is 5.52 Å². The Kier molecular flexibility index (Phi) is 5.46. The van der Waals surface area contributed by atoms with Crippen molar-refractivity contribution in [3.05, 3.63) is 41.6 Å². The maximum Gasteiger partial charge on any atom is 0.328 e. The quantitative estimate of drug-likeness (QED) is 0.480. The molecule has 0 aliphatic rings. The molecule has 0 atom stereocenters. The first-order chi connectivity index (χ1) is 13.6. The molecule has 0 aliphatic carbocycles. The molecule has 7 nitrogen and oxygen atoms in total. The highest BCUT2D eigenvalue weighted by molar-refractivity contribution is 6.06. The molecule has 0 bridgehead atoms. The molecule has 152 valence electrons. The Morgan fingerprint density at radius 2 is 1.79 bits per heavy atom. The number of carbonyl (C=O) groups is 2. The van der Waals surface area contributed by atoms with E-state index >= 15 is 0 Å². The summed E-state index contributed by atoms with van der Waals surface area (Å²) in [5.74, 6) is -0.173. The van der Waals surface area contributed by atoms with E-state index in [2.05, 4.69) is 15.1 Å². The number of esters is 1. The van der Waals surface area contributed by atoms with Crippen LogP contribution in [0.2, 0.25) is 0 Å². The monoisotopic (exact) mass is 398 g/mol. The maximum absolute atomic E-state index is 13.9. The van der Waals surface area contributed by atoms with Crippen molar-refractivity contribution in [1.82, 2.24) is 19.7 Å². The van der Waals surface area contributed by atoms with Crippen molar-refractivity contribution >= 4 is 22.7 Å². The molecule has 3 rings (SSSR count). The van der Waals surface area contributed by atoms with Gasteiger partial charge in [-0.25, -0.2) is 14.4 Å². The SMILES string of the molecule is CC(=O)c1nn(CC(=O)OC(C)(C)C)c2c(CF)cc(-c3cnc(C)nc3)cc12. The van der Waals surface area contributed by atoms with Gasteiger partial charge in [-0.2, -0.15) is 5.10 Å². The standard InChI is InChI=1S/C21H23FN4O3/c1-12(27)19-17-7-14(16-9-23-13(2)24-10-16)6-15(8-22)20(17)26(25-19)11-18(28)29-21(3,4)5/h6-7,9-10H,8,11H2,1-5H3. The van der Waals surface area contributed by atoms with E-state index in [9.17, 15) is 14.0 Å². The van der Waals surface area contributed by atoms with Crippen LogP contribution in [0.4, 0.5) is 4.39 Å². The molecule has 0 fully saturated rings. The van der Waals surface area contributed by atoms with Gasteiger partial charge in [0.15, 0.2) is 5.78 Å². The lowest BCUT2D eigenvalue weighted by atomic mass is 10.0. The van der Waals surface area contributed by atoms with E-state index in [1.165, 1.54) is 11.6 Å². The van der Waals surface area contributed by atoms with Gasteiger partial charge in [-0.05, 0) is 45.4 Å². The number of ether oxygens (including phenoxy) is 1. The molecule has 2 aromatic heterocycles. The van der Waals surface area contributed by atoms with Gasteiger partial charge in [-0.15, -0.1) is 0 Å². The Morgan fingerprint density at radius 3 is 2.34 bits per heavy atom. The fraction of sp³-hybridized carbons (Fsp3) is 0.381. The lowest BCUT2D eigenvalue weighted by Gasteiger charge is -2.19. The first-order valence-corrected chi connectivity index (χ1v) is 9.20. The van der Waals surface area contributed by atoms with E-state index in [0.29, 0.717) is 33.4 Å². The predicted molar refractivity (Wildman–Crippen MR) is 106 cm³/mol. The highest BCUT2D eigenvalue weighted by Gasteiger charge is 2.22. The van der Waals surface area contributed by atoms with E-state index in [4.69, 9.17) is 4.74 Å².